The second-order valence-electron chi connectivity index (χ2n) is 12.9. The molecule has 1 aliphatic carbocycles. The lowest BCUT2D eigenvalue weighted by Gasteiger charge is -2.23. The highest BCUT2D eigenvalue weighted by Crippen LogP contribution is 2.51. The fourth-order valence-electron chi connectivity index (χ4n) is 7.98. The van der Waals surface area contributed by atoms with Gasteiger partial charge in [-0.2, -0.15) is 0 Å². The van der Waals surface area contributed by atoms with Crippen LogP contribution in [0.1, 0.15) is 25.0 Å². The summed E-state index contributed by atoms with van der Waals surface area (Å²) < 4.78 is 2.70. The molecule has 0 bridgehead atoms. The van der Waals surface area contributed by atoms with Gasteiger partial charge in [0.05, 0.1) is 0 Å². The average molecular weight is 577 g/mol. The van der Waals surface area contributed by atoms with Crippen molar-refractivity contribution in [2.24, 2.45) is 0 Å². The van der Waals surface area contributed by atoms with Gasteiger partial charge in [-0.05, 0) is 107 Å². The monoisotopic (exact) mass is 576 g/mol. The average Bonchev–Trinajstić information content (AvgIpc) is 3.54. The number of thiophene rings is 1. The van der Waals surface area contributed by atoms with E-state index in [-0.39, 0.29) is 5.41 Å². The summed E-state index contributed by atoms with van der Waals surface area (Å²) in [5.41, 5.74) is 10.6. The molecule has 0 amide bonds. The molecule has 0 nitrogen and oxygen atoms in total. The van der Waals surface area contributed by atoms with Crippen molar-refractivity contribution < 1.29 is 0 Å². The Labute approximate surface area is 260 Å². The van der Waals surface area contributed by atoms with E-state index in [1.807, 2.05) is 11.3 Å². The van der Waals surface area contributed by atoms with E-state index in [4.69, 9.17) is 0 Å². The number of hydrogen-bond donors (Lipinski definition) is 0. The fourth-order valence-corrected chi connectivity index (χ4v) is 9.06. The molecule has 0 aliphatic heterocycles. The van der Waals surface area contributed by atoms with Gasteiger partial charge in [0.1, 0.15) is 0 Å². The highest BCUT2D eigenvalue weighted by Gasteiger charge is 2.36. The number of fused-ring (bicyclic) bond motifs is 6. The maximum Gasteiger partial charge on any atom is 0.0355 e. The molecule has 206 valence electrons. The van der Waals surface area contributed by atoms with Gasteiger partial charge in [0.25, 0.3) is 0 Å². The zero-order valence-corrected chi connectivity index (χ0v) is 25.4. The lowest BCUT2D eigenvalue weighted by atomic mass is 9.80. The fraction of sp³-hybridized carbons (Fsp3) is 0.0698. The van der Waals surface area contributed by atoms with Crippen LogP contribution in [0.5, 0.6) is 0 Å². The third kappa shape index (κ3) is 3.23. The Morgan fingerprint density at radius 3 is 1.82 bits per heavy atom. The molecule has 8 aromatic carbocycles. The summed E-state index contributed by atoms with van der Waals surface area (Å²) in [4.78, 5) is 0. The van der Waals surface area contributed by atoms with Crippen molar-refractivity contribution >= 4 is 63.8 Å². The Morgan fingerprint density at radius 2 is 1.00 bits per heavy atom. The van der Waals surface area contributed by atoms with Crippen LogP contribution in [0.15, 0.2) is 133 Å². The van der Waals surface area contributed by atoms with Crippen LogP contribution in [0.3, 0.4) is 0 Å². The zero-order chi connectivity index (χ0) is 29.2. The predicted octanol–water partition coefficient (Wildman–Crippen LogP) is 12.6. The molecule has 0 saturated heterocycles. The van der Waals surface area contributed by atoms with Gasteiger partial charge >= 0.3 is 0 Å². The Hall–Kier alpha value is -4.98. The first-order valence-electron chi connectivity index (χ1n) is 15.4. The summed E-state index contributed by atoms with van der Waals surface area (Å²) in [5.74, 6) is 0. The van der Waals surface area contributed by atoms with Gasteiger partial charge in [-0.15, -0.1) is 11.3 Å². The summed E-state index contributed by atoms with van der Waals surface area (Å²) in [6.07, 6.45) is 0. The maximum absolute atomic E-state index is 2.46. The van der Waals surface area contributed by atoms with Gasteiger partial charge < -0.3 is 0 Å². The Bertz CT molecular complexity index is 2610. The molecule has 0 atom stereocenters. The minimum Gasteiger partial charge on any atom is -0.135 e. The van der Waals surface area contributed by atoms with E-state index in [1.54, 1.807) is 0 Å². The van der Waals surface area contributed by atoms with Crippen molar-refractivity contribution in [3.8, 4) is 33.4 Å². The molecule has 1 aliphatic rings. The van der Waals surface area contributed by atoms with Gasteiger partial charge in [0, 0.05) is 25.6 Å². The van der Waals surface area contributed by atoms with E-state index < -0.39 is 0 Å². The van der Waals surface area contributed by atoms with Crippen LogP contribution >= 0.6 is 11.3 Å². The third-order valence-corrected chi connectivity index (χ3v) is 11.4. The standard InChI is InChI=1S/C43H28S/c1-43(2)37-23-29(28-16-21-40-36(22-28)34-8-3-4-9-39(34)44-40)14-18-32(37)33-19-15-30(24-38(33)43)31-17-12-27-11-10-25-6-5-7-26-13-20-35(31)42(27)41(25)26/h3-24H,1-2H3. The van der Waals surface area contributed by atoms with E-state index >= 15 is 0 Å². The molecular weight excluding hydrogens is 549 g/mol. The lowest BCUT2D eigenvalue weighted by Crippen LogP contribution is -2.15. The molecule has 9 aromatic rings. The van der Waals surface area contributed by atoms with Gasteiger partial charge in [0.2, 0.25) is 0 Å². The smallest absolute Gasteiger partial charge is 0.0355 e. The molecule has 1 heteroatoms. The van der Waals surface area contributed by atoms with Gasteiger partial charge in [-0.1, -0.05) is 117 Å². The van der Waals surface area contributed by atoms with Crippen LogP contribution in [0.4, 0.5) is 0 Å². The van der Waals surface area contributed by atoms with Crippen LogP contribution in [0, 0.1) is 0 Å². The Morgan fingerprint density at radius 1 is 0.409 bits per heavy atom. The molecule has 0 fully saturated rings. The topological polar surface area (TPSA) is 0 Å². The van der Waals surface area contributed by atoms with Crippen molar-refractivity contribution in [2.45, 2.75) is 19.3 Å². The summed E-state index contributed by atoms with van der Waals surface area (Å²) in [7, 11) is 0. The zero-order valence-electron chi connectivity index (χ0n) is 24.6. The van der Waals surface area contributed by atoms with Crippen molar-refractivity contribution in [3.63, 3.8) is 0 Å². The SMILES string of the molecule is CC1(C)c2cc(-c3ccc4sc5ccccc5c4c3)ccc2-c2ccc(-c3ccc4ccc5cccc6ccc3c4c56)cc21. The highest BCUT2D eigenvalue weighted by molar-refractivity contribution is 7.25. The first-order chi connectivity index (χ1) is 21.5. The van der Waals surface area contributed by atoms with Crippen molar-refractivity contribution in [1.82, 2.24) is 0 Å². The first kappa shape index (κ1) is 24.5. The largest absolute Gasteiger partial charge is 0.135 e. The van der Waals surface area contributed by atoms with E-state index in [0.717, 1.165) is 0 Å². The molecule has 44 heavy (non-hydrogen) atoms. The normalized spacial score (nSPS) is 13.9. The summed E-state index contributed by atoms with van der Waals surface area (Å²) in [5, 5.41) is 10.7. The van der Waals surface area contributed by atoms with Crippen LogP contribution in [-0.2, 0) is 5.41 Å². The van der Waals surface area contributed by atoms with Gasteiger partial charge in [-0.25, -0.2) is 0 Å². The van der Waals surface area contributed by atoms with E-state index in [1.165, 1.54) is 97.0 Å². The minimum atomic E-state index is -0.0976. The van der Waals surface area contributed by atoms with Crippen molar-refractivity contribution in [3.05, 3.63) is 145 Å². The van der Waals surface area contributed by atoms with Crippen LogP contribution in [0.25, 0.3) is 85.9 Å². The second kappa shape index (κ2) is 8.56. The Kier molecular flexibility index (Phi) is 4.76. The highest BCUT2D eigenvalue weighted by atomic mass is 32.1. The third-order valence-electron chi connectivity index (χ3n) is 10.2. The molecule has 1 heterocycles. The molecular formula is C43H28S. The van der Waals surface area contributed by atoms with Crippen molar-refractivity contribution in [1.29, 1.82) is 0 Å². The lowest BCUT2D eigenvalue weighted by molar-refractivity contribution is 0.661. The first-order valence-corrected chi connectivity index (χ1v) is 16.2. The van der Waals surface area contributed by atoms with Crippen LogP contribution in [0.2, 0.25) is 0 Å². The number of hydrogen-bond acceptors (Lipinski definition) is 1. The van der Waals surface area contributed by atoms with Crippen LogP contribution in [-0.4, -0.2) is 0 Å². The molecule has 1 aromatic heterocycles. The van der Waals surface area contributed by atoms with Crippen molar-refractivity contribution in [2.75, 3.05) is 0 Å². The summed E-state index contributed by atoms with van der Waals surface area (Å²) in [6.45, 7) is 4.79. The number of benzene rings is 8. The van der Waals surface area contributed by atoms with Crippen LogP contribution < -0.4 is 0 Å². The van der Waals surface area contributed by atoms with E-state index in [0.29, 0.717) is 0 Å². The molecule has 0 unspecified atom stereocenters. The molecule has 0 N–H and O–H groups in total. The van der Waals surface area contributed by atoms with E-state index in [2.05, 4.69) is 147 Å². The second-order valence-corrected chi connectivity index (χ2v) is 14.0. The predicted molar refractivity (Wildman–Crippen MR) is 191 cm³/mol. The molecule has 0 spiro atoms. The maximum atomic E-state index is 2.46. The van der Waals surface area contributed by atoms with E-state index in [9.17, 15) is 0 Å². The molecule has 0 saturated carbocycles. The molecule has 0 radical (unpaired) electrons. The summed E-state index contributed by atoms with van der Waals surface area (Å²) in [6, 6.07) is 50.4. The van der Waals surface area contributed by atoms with Gasteiger partial charge in [-0.3, -0.25) is 0 Å². The summed E-state index contributed by atoms with van der Waals surface area (Å²) >= 11 is 1.88. The van der Waals surface area contributed by atoms with Gasteiger partial charge in [0.15, 0.2) is 0 Å². The number of rotatable bonds is 2. The Balaban J connectivity index is 1.11. The quantitative estimate of drug-likeness (QED) is 0.180. The minimum absolute atomic E-state index is 0.0976. The molecule has 10 rings (SSSR count).